The molecule has 0 atom stereocenters. The molecule has 4 aromatic carbocycles. The summed E-state index contributed by atoms with van der Waals surface area (Å²) < 4.78 is 31.2. The highest BCUT2D eigenvalue weighted by Crippen LogP contribution is 2.28. The van der Waals surface area contributed by atoms with Crippen molar-refractivity contribution in [2.24, 2.45) is 4.99 Å². The summed E-state index contributed by atoms with van der Waals surface area (Å²) in [6, 6.07) is 24.9. The monoisotopic (exact) mass is 511 g/mol. The van der Waals surface area contributed by atoms with E-state index in [-0.39, 0.29) is 22.7 Å². The molecule has 0 radical (unpaired) electrons. The molecule has 1 heterocycles. The lowest BCUT2D eigenvalue weighted by molar-refractivity contribution is 0.0998. The molecule has 0 unspecified atom stereocenters. The predicted octanol–water partition coefficient (Wildman–Crippen LogP) is 5.34. The third kappa shape index (κ3) is 4.42. The van der Waals surface area contributed by atoms with Crippen LogP contribution in [0.3, 0.4) is 0 Å². The number of aromatic nitrogens is 1. The second-order valence-corrected chi connectivity index (χ2v) is 10.9. The van der Waals surface area contributed by atoms with Crippen molar-refractivity contribution in [1.82, 2.24) is 4.57 Å². The van der Waals surface area contributed by atoms with E-state index in [1.54, 1.807) is 36.4 Å². The van der Waals surface area contributed by atoms with Gasteiger partial charge in [-0.15, -0.1) is 6.42 Å². The Balaban J connectivity index is 1.59. The Morgan fingerprint density at radius 1 is 1.00 bits per heavy atom. The molecule has 36 heavy (non-hydrogen) atoms. The van der Waals surface area contributed by atoms with E-state index in [0.717, 1.165) is 26.6 Å². The smallest absolute Gasteiger partial charge is 0.281 e. The Morgan fingerprint density at radius 2 is 1.72 bits per heavy atom. The summed E-state index contributed by atoms with van der Waals surface area (Å²) in [6.45, 7) is 2.12. The number of rotatable bonds is 5. The predicted molar refractivity (Wildman–Crippen MR) is 144 cm³/mol. The number of amides is 1. The summed E-state index contributed by atoms with van der Waals surface area (Å²) in [6.07, 6.45) is 5.62. The number of anilines is 1. The maximum Gasteiger partial charge on any atom is 0.281 e. The van der Waals surface area contributed by atoms with Crippen LogP contribution in [0.2, 0.25) is 0 Å². The summed E-state index contributed by atoms with van der Waals surface area (Å²) in [4.78, 5) is 18.3. The Kier molecular flexibility index (Phi) is 6.18. The maximum atomic E-state index is 13.3. The quantitative estimate of drug-likeness (QED) is 0.324. The first kappa shape index (κ1) is 23.5. The normalized spacial score (nSPS) is 12.1. The fourth-order valence-electron chi connectivity index (χ4n) is 3.95. The van der Waals surface area contributed by atoms with Gasteiger partial charge in [-0.2, -0.15) is 4.99 Å². The number of terminal acetylenes is 1. The van der Waals surface area contributed by atoms with Gasteiger partial charge in [0.15, 0.2) is 4.80 Å². The van der Waals surface area contributed by atoms with Crippen LogP contribution in [0.25, 0.3) is 21.0 Å². The first-order chi connectivity index (χ1) is 17.4. The first-order valence-electron chi connectivity index (χ1n) is 11.1. The highest BCUT2D eigenvalue weighted by Gasteiger charge is 2.19. The van der Waals surface area contributed by atoms with Crippen molar-refractivity contribution in [2.45, 2.75) is 18.4 Å². The molecule has 5 rings (SSSR count). The van der Waals surface area contributed by atoms with Crippen molar-refractivity contribution in [3.05, 3.63) is 101 Å². The number of sulfonamides is 1. The van der Waals surface area contributed by atoms with Crippen LogP contribution in [0, 0.1) is 19.3 Å². The summed E-state index contributed by atoms with van der Waals surface area (Å²) in [5.41, 5.74) is 2.13. The molecule has 0 saturated heterocycles. The van der Waals surface area contributed by atoms with E-state index in [9.17, 15) is 13.2 Å². The lowest BCUT2D eigenvalue weighted by Gasteiger charge is -2.11. The molecule has 0 fully saturated rings. The molecule has 0 bridgehead atoms. The van der Waals surface area contributed by atoms with E-state index in [1.807, 2.05) is 47.9 Å². The molecule has 178 valence electrons. The molecule has 0 aliphatic heterocycles. The molecular formula is C28H21N3O3S2. The first-order valence-corrected chi connectivity index (χ1v) is 13.4. The average Bonchev–Trinajstić information content (AvgIpc) is 3.22. The maximum absolute atomic E-state index is 13.3. The van der Waals surface area contributed by atoms with Gasteiger partial charge in [0.2, 0.25) is 0 Å². The van der Waals surface area contributed by atoms with E-state index in [4.69, 9.17) is 6.42 Å². The number of aryl methyl sites for hydroxylation is 1. The van der Waals surface area contributed by atoms with Gasteiger partial charge in [-0.25, -0.2) is 8.42 Å². The average molecular weight is 512 g/mol. The van der Waals surface area contributed by atoms with Gasteiger partial charge in [-0.1, -0.05) is 77.4 Å². The molecule has 0 saturated carbocycles. The fraction of sp³-hybridized carbons (Fsp3) is 0.0714. The fourth-order valence-corrected chi connectivity index (χ4v) is 6.20. The van der Waals surface area contributed by atoms with Crippen LogP contribution in [-0.4, -0.2) is 18.9 Å². The van der Waals surface area contributed by atoms with Gasteiger partial charge >= 0.3 is 0 Å². The number of benzene rings is 4. The van der Waals surface area contributed by atoms with Gasteiger partial charge in [0.05, 0.1) is 32.9 Å². The third-order valence-electron chi connectivity index (χ3n) is 5.75. The van der Waals surface area contributed by atoms with E-state index < -0.39 is 15.9 Å². The zero-order valence-corrected chi connectivity index (χ0v) is 20.9. The lowest BCUT2D eigenvalue weighted by Crippen LogP contribution is -2.18. The van der Waals surface area contributed by atoms with Crippen LogP contribution >= 0.6 is 11.3 Å². The topological polar surface area (TPSA) is 80.5 Å². The minimum Gasteiger partial charge on any atom is -0.305 e. The van der Waals surface area contributed by atoms with Crippen LogP contribution in [0.5, 0.6) is 0 Å². The van der Waals surface area contributed by atoms with Crippen LogP contribution in [0.4, 0.5) is 5.69 Å². The Hall–Kier alpha value is -4.19. The number of hydrogen-bond donors (Lipinski definition) is 1. The molecule has 1 aromatic heterocycles. The number of carbonyl (C=O) groups is 1. The van der Waals surface area contributed by atoms with Crippen LogP contribution < -0.4 is 9.52 Å². The number of fused-ring (bicyclic) bond motifs is 3. The summed E-state index contributed by atoms with van der Waals surface area (Å²) >= 11 is 1.37. The van der Waals surface area contributed by atoms with E-state index in [0.29, 0.717) is 4.80 Å². The van der Waals surface area contributed by atoms with Gasteiger partial charge in [0.25, 0.3) is 15.9 Å². The second kappa shape index (κ2) is 9.46. The van der Waals surface area contributed by atoms with Crippen molar-refractivity contribution in [1.29, 1.82) is 0 Å². The molecule has 5 aromatic rings. The van der Waals surface area contributed by atoms with Crippen molar-refractivity contribution in [2.75, 3.05) is 4.72 Å². The van der Waals surface area contributed by atoms with Crippen molar-refractivity contribution >= 4 is 53.9 Å². The number of para-hydroxylation sites is 1. The van der Waals surface area contributed by atoms with Crippen molar-refractivity contribution in [3.63, 3.8) is 0 Å². The Morgan fingerprint density at radius 3 is 2.50 bits per heavy atom. The number of nitrogens with zero attached hydrogens (tertiary/aromatic N) is 2. The number of carbonyl (C=O) groups excluding carboxylic acids is 1. The molecule has 0 spiro atoms. The number of thiazole rings is 1. The van der Waals surface area contributed by atoms with Gasteiger partial charge in [-0.3, -0.25) is 9.52 Å². The van der Waals surface area contributed by atoms with Crippen LogP contribution in [-0.2, 0) is 16.6 Å². The van der Waals surface area contributed by atoms with Crippen molar-refractivity contribution < 1.29 is 13.2 Å². The third-order valence-corrected chi connectivity index (χ3v) is 8.26. The molecule has 8 heteroatoms. The highest BCUT2D eigenvalue weighted by atomic mass is 32.2. The van der Waals surface area contributed by atoms with Gasteiger partial charge in [0, 0.05) is 5.39 Å². The van der Waals surface area contributed by atoms with Gasteiger partial charge in [0.1, 0.15) is 0 Å². The highest BCUT2D eigenvalue weighted by molar-refractivity contribution is 7.92. The standard InChI is InChI=1S/C28H21N3O3S2/c1-3-18-31-25-17-14-20-8-4-5-9-22(20)26(25)35-28(31)29-27(32)23-10-6-7-11-24(23)30-36(33,34)21-15-12-19(2)13-16-21/h1,4-17,30H,18H2,2H3. The molecule has 1 amide bonds. The summed E-state index contributed by atoms with van der Waals surface area (Å²) in [5.74, 6) is 2.06. The Bertz CT molecular complexity index is 1840. The zero-order chi connectivity index (χ0) is 25.3. The minimum absolute atomic E-state index is 0.107. The lowest BCUT2D eigenvalue weighted by atomic mass is 10.1. The molecular weight excluding hydrogens is 490 g/mol. The van der Waals surface area contributed by atoms with Crippen molar-refractivity contribution in [3.8, 4) is 12.3 Å². The second-order valence-electron chi connectivity index (χ2n) is 8.19. The Labute approximate surface area is 212 Å². The minimum atomic E-state index is -3.89. The van der Waals surface area contributed by atoms with Gasteiger partial charge < -0.3 is 4.57 Å². The van der Waals surface area contributed by atoms with E-state index in [1.165, 1.54) is 23.5 Å². The van der Waals surface area contributed by atoms with Gasteiger partial charge in [-0.05, 0) is 42.6 Å². The molecule has 0 aliphatic rings. The summed E-state index contributed by atoms with van der Waals surface area (Å²) in [5, 5.41) is 2.12. The van der Waals surface area contributed by atoms with Crippen LogP contribution in [0.1, 0.15) is 15.9 Å². The summed E-state index contributed by atoms with van der Waals surface area (Å²) in [7, 11) is -3.89. The molecule has 1 N–H and O–H groups in total. The zero-order valence-electron chi connectivity index (χ0n) is 19.3. The van der Waals surface area contributed by atoms with E-state index >= 15 is 0 Å². The SMILES string of the molecule is C#CCn1c(=NC(=O)c2ccccc2NS(=O)(=O)c2ccc(C)cc2)sc2c3ccccc3ccc21. The molecule has 6 nitrogen and oxygen atoms in total. The van der Waals surface area contributed by atoms with E-state index in [2.05, 4.69) is 15.6 Å². The number of hydrogen-bond acceptors (Lipinski definition) is 4. The largest absolute Gasteiger partial charge is 0.305 e. The molecule has 0 aliphatic carbocycles. The number of nitrogens with one attached hydrogen (secondary N) is 1. The van der Waals surface area contributed by atoms with Crippen LogP contribution in [0.15, 0.2) is 94.8 Å².